The average Bonchev–Trinajstić information content (AvgIpc) is 1.91. The van der Waals surface area contributed by atoms with Crippen LogP contribution in [0.25, 0.3) is 0 Å². The summed E-state index contributed by atoms with van der Waals surface area (Å²) in [5.74, 6) is 3.54. The van der Waals surface area contributed by atoms with E-state index in [4.69, 9.17) is 4.74 Å². The maximum atomic E-state index is 5.07. The molecule has 1 nitrogen and oxygen atoms in total. The molecule has 1 saturated heterocycles. The zero-order valence-electron chi connectivity index (χ0n) is 5.93. The van der Waals surface area contributed by atoms with Gasteiger partial charge in [0, 0.05) is 13.7 Å². The third-order valence-electron chi connectivity index (χ3n) is 1.74. The molecule has 0 N–H and O–H groups in total. The van der Waals surface area contributed by atoms with Gasteiger partial charge < -0.3 is 4.74 Å². The molecule has 1 rings (SSSR count). The lowest BCUT2D eigenvalue weighted by atomic mass is 10.0. The summed E-state index contributed by atoms with van der Waals surface area (Å²) in [5.41, 5.74) is 0. The summed E-state index contributed by atoms with van der Waals surface area (Å²) in [7, 11) is 1.79. The quantitative estimate of drug-likeness (QED) is 0.587. The van der Waals surface area contributed by atoms with E-state index in [9.17, 15) is 0 Å². The van der Waals surface area contributed by atoms with E-state index >= 15 is 0 Å². The standard InChI is InChI=1S/C7H14OS/c1-8-6-7-2-4-9-5-3-7/h7H,2-6H2,1H3. The Bertz CT molecular complexity index is 66.6. The van der Waals surface area contributed by atoms with Crippen LogP contribution in [-0.4, -0.2) is 25.2 Å². The third kappa shape index (κ3) is 2.59. The second-order valence-electron chi connectivity index (χ2n) is 2.51. The van der Waals surface area contributed by atoms with E-state index in [1.165, 1.54) is 24.3 Å². The van der Waals surface area contributed by atoms with Crippen molar-refractivity contribution in [3.8, 4) is 0 Å². The van der Waals surface area contributed by atoms with Crippen molar-refractivity contribution in [3.63, 3.8) is 0 Å². The second kappa shape index (κ2) is 4.18. The van der Waals surface area contributed by atoms with Crippen molar-refractivity contribution in [3.05, 3.63) is 0 Å². The van der Waals surface area contributed by atoms with Crippen molar-refractivity contribution in [2.75, 3.05) is 25.2 Å². The Morgan fingerprint density at radius 3 is 2.67 bits per heavy atom. The summed E-state index contributed by atoms with van der Waals surface area (Å²) in [6.07, 6.45) is 2.72. The summed E-state index contributed by atoms with van der Waals surface area (Å²) in [6.45, 7) is 0.973. The lowest BCUT2D eigenvalue weighted by molar-refractivity contribution is 0.148. The van der Waals surface area contributed by atoms with Crippen LogP contribution < -0.4 is 0 Å². The molecule has 0 saturated carbocycles. The van der Waals surface area contributed by atoms with E-state index in [1.54, 1.807) is 7.11 Å². The van der Waals surface area contributed by atoms with Gasteiger partial charge in [0.05, 0.1) is 0 Å². The summed E-state index contributed by atoms with van der Waals surface area (Å²) >= 11 is 2.07. The molecule has 1 aliphatic rings. The molecule has 0 aromatic carbocycles. The van der Waals surface area contributed by atoms with Crippen LogP contribution in [0.15, 0.2) is 0 Å². The van der Waals surface area contributed by atoms with Crippen LogP contribution in [0.3, 0.4) is 0 Å². The van der Waals surface area contributed by atoms with E-state index in [0.717, 1.165) is 12.5 Å². The van der Waals surface area contributed by atoms with Crippen LogP contribution in [0, 0.1) is 5.92 Å². The zero-order chi connectivity index (χ0) is 6.53. The Kier molecular flexibility index (Phi) is 3.44. The molecular formula is C7H14OS. The van der Waals surface area contributed by atoms with E-state index < -0.39 is 0 Å². The molecule has 0 amide bonds. The van der Waals surface area contributed by atoms with Gasteiger partial charge in [-0.1, -0.05) is 0 Å². The van der Waals surface area contributed by atoms with E-state index in [1.807, 2.05) is 0 Å². The van der Waals surface area contributed by atoms with Crippen LogP contribution in [0.5, 0.6) is 0 Å². The van der Waals surface area contributed by atoms with Crippen LogP contribution in [0.2, 0.25) is 0 Å². The highest BCUT2D eigenvalue weighted by Crippen LogP contribution is 2.22. The molecule has 1 aliphatic heterocycles. The summed E-state index contributed by atoms with van der Waals surface area (Å²) in [6, 6.07) is 0. The minimum atomic E-state index is 0.858. The lowest BCUT2D eigenvalue weighted by Crippen LogP contribution is -2.14. The number of rotatable bonds is 2. The fourth-order valence-electron chi connectivity index (χ4n) is 1.15. The molecular weight excluding hydrogens is 132 g/mol. The van der Waals surface area contributed by atoms with Gasteiger partial charge >= 0.3 is 0 Å². The van der Waals surface area contributed by atoms with Gasteiger partial charge in [-0.2, -0.15) is 11.8 Å². The van der Waals surface area contributed by atoms with Gasteiger partial charge in [0.1, 0.15) is 0 Å². The van der Waals surface area contributed by atoms with Crippen molar-refractivity contribution in [1.29, 1.82) is 0 Å². The molecule has 1 heterocycles. The minimum absolute atomic E-state index is 0.858. The normalized spacial score (nSPS) is 22.3. The van der Waals surface area contributed by atoms with Gasteiger partial charge in [-0.25, -0.2) is 0 Å². The molecule has 0 bridgehead atoms. The van der Waals surface area contributed by atoms with Crippen molar-refractivity contribution in [2.45, 2.75) is 12.8 Å². The first kappa shape index (κ1) is 7.42. The first-order valence-electron chi connectivity index (χ1n) is 3.50. The van der Waals surface area contributed by atoms with Crippen LogP contribution >= 0.6 is 11.8 Å². The minimum Gasteiger partial charge on any atom is -0.384 e. The Balaban J connectivity index is 2.08. The van der Waals surface area contributed by atoms with Gasteiger partial charge in [0.15, 0.2) is 0 Å². The first-order valence-corrected chi connectivity index (χ1v) is 4.65. The maximum Gasteiger partial charge on any atom is 0.0491 e. The highest BCUT2D eigenvalue weighted by atomic mass is 32.2. The Morgan fingerprint density at radius 2 is 2.11 bits per heavy atom. The lowest BCUT2D eigenvalue weighted by Gasteiger charge is -2.19. The van der Waals surface area contributed by atoms with E-state index in [0.29, 0.717) is 0 Å². The number of thioether (sulfide) groups is 1. The third-order valence-corrected chi connectivity index (χ3v) is 2.79. The van der Waals surface area contributed by atoms with Gasteiger partial charge in [0.25, 0.3) is 0 Å². The van der Waals surface area contributed by atoms with Crippen molar-refractivity contribution in [2.24, 2.45) is 5.92 Å². The topological polar surface area (TPSA) is 9.23 Å². The average molecular weight is 146 g/mol. The van der Waals surface area contributed by atoms with Gasteiger partial charge in [-0.05, 0) is 30.3 Å². The number of hydrogen-bond acceptors (Lipinski definition) is 2. The Labute approximate surface area is 61.2 Å². The van der Waals surface area contributed by atoms with Crippen molar-refractivity contribution >= 4 is 11.8 Å². The number of methoxy groups -OCH3 is 1. The fourth-order valence-corrected chi connectivity index (χ4v) is 2.35. The molecule has 0 atom stereocenters. The zero-order valence-corrected chi connectivity index (χ0v) is 6.75. The fraction of sp³-hybridized carbons (Fsp3) is 1.00. The second-order valence-corrected chi connectivity index (χ2v) is 3.74. The maximum absolute atomic E-state index is 5.07. The number of hydrogen-bond donors (Lipinski definition) is 0. The largest absolute Gasteiger partial charge is 0.384 e. The summed E-state index contributed by atoms with van der Waals surface area (Å²) in [4.78, 5) is 0. The van der Waals surface area contributed by atoms with Crippen LogP contribution in [-0.2, 0) is 4.74 Å². The highest BCUT2D eigenvalue weighted by Gasteiger charge is 2.12. The molecule has 54 valence electrons. The van der Waals surface area contributed by atoms with Gasteiger partial charge in [-0.15, -0.1) is 0 Å². The van der Waals surface area contributed by atoms with Gasteiger partial charge in [0.2, 0.25) is 0 Å². The first-order chi connectivity index (χ1) is 4.43. The molecule has 2 heteroatoms. The SMILES string of the molecule is COCC1CCSCC1. The smallest absolute Gasteiger partial charge is 0.0491 e. The molecule has 0 unspecified atom stereocenters. The monoisotopic (exact) mass is 146 g/mol. The summed E-state index contributed by atoms with van der Waals surface area (Å²) < 4.78 is 5.07. The molecule has 1 fully saturated rings. The van der Waals surface area contributed by atoms with Crippen molar-refractivity contribution < 1.29 is 4.74 Å². The van der Waals surface area contributed by atoms with Crippen LogP contribution in [0.1, 0.15) is 12.8 Å². The molecule has 9 heavy (non-hydrogen) atoms. The molecule has 0 aromatic rings. The highest BCUT2D eigenvalue weighted by molar-refractivity contribution is 7.99. The molecule has 0 spiro atoms. The molecule has 0 aliphatic carbocycles. The number of ether oxygens (including phenoxy) is 1. The Morgan fingerprint density at radius 1 is 1.44 bits per heavy atom. The summed E-state index contributed by atoms with van der Waals surface area (Å²) in [5, 5.41) is 0. The van der Waals surface area contributed by atoms with Gasteiger partial charge in [-0.3, -0.25) is 0 Å². The van der Waals surface area contributed by atoms with E-state index in [-0.39, 0.29) is 0 Å². The van der Waals surface area contributed by atoms with Crippen molar-refractivity contribution in [1.82, 2.24) is 0 Å². The van der Waals surface area contributed by atoms with Crippen LogP contribution in [0.4, 0.5) is 0 Å². The molecule has 0 radical (unpaired) electrons. The predicted octanol–water partition coefficient (Wildman–Crippen LogP) is 1.78. The molecule has 0 aromatic heterocycles. The Hall–Kier alpha value is 0.310. The van der Waals surface area contributed by atoms with E-state index in [2.05, 4.69) is 11.8 Å². The predicted molar refractivity (Wildman–Crippen MR) is 41.9 cm³/mol.